The van der Waals surface area contributed by atoms with E-state index in [0.717, 1.165) is 5.56 Å². The highest BCUT2D eigenvalue weighted by atomic mass is 32.2. The standard InChI is InChI=1S/C15H22N2O3S/c1-5-19-13-10-11(14(16)15(17-2)21-4)6-7-12(13)20-9-8-18-3/h6-7,10,16H,5,8-9H2,1-4H3. The summed E-state index contributed by atoms with van der Waals surface area (Å²) in [5.41, 5.74) is 1.14. The first-order chi connectivity index (χ1) is 10.2. The number of thioether (sulfide) groups is 1. The minimum absolute atomic E-state index is 0.384. The Balaban J connectivity index is 2.99. The molecule has 1 aromatic carbocycles. The first-order valence-corrected chi connectivity index (χ1v) is 7.89. The van der Waals surface area contributed by atoms with E-state index in [-0.39, 0.29) is 0 Å². The van der Waals surface area contributed by atoms with E-state index in [4.69, 9.17) is 19.6 Å². The van der Waals surface area contributed by atoms with Crippen LogP contribution >= 0.6 is 11.8 Å². The van der Waals surface area contributed by atoms with Crippen LogP contribution in [0.1, 0.15) is 12.5 Å². The molecular formula is C15H22N2O3S. The van der Waals surface area contributed by atoms with Gasteiger partial charge in [-0.15, -0.1) is 11.8 Å². The van der Waals surface area contributed by atoms with E-state index in [1.807, 2.05) is 31.4 Å². The Labute approximate surface area is 130 Å². The molecule has 0 aliphatic carbocycles. The van der Waals surface area contributed by atoms with Gasteiger partial charge in [0.05, 0.1) is 18.9 Å². The molecule has 116 valence electrons. The molecule has 5 nitrogen and oxygen atoms in total. The van der Waals surface area contributed by atoms with Gasteiger partial charge in [0.1, 0.15) is 11.7 Å². The van der Waals surface area contributed by atoms with Crippen molar-refractivity contribution < 1.29 is 14.2 Å². The summed E-state index contributed by atoms with van der Waals surface area (Å²) in [5.74, 6) is 1.29. The number of aliphatic imine (C=N–C) groups is 1. The molecule has 0 aromatic heterocycles. The Morgan fingerprint density at radius 3 is 2.57 bits per heavy atom. The molecule has 0 spiro atoms. The average molecular weight is 310 g/mol. The Morgan fingerprint density at radius 2 is 2.00 bits per heavy atom. The van der Waals surface area contributed by atoms with Gasteiger partial charge >= 0.3 is 0 Å². The highest BCUT2D eigenvalue weighted by molar-refractivity contribution is 8.15. The molecule has 0 aliphatic rings. The van der Waals surface area contributed by atoms with Gasteiger partial charge < -0.3 is 14.2 Å². The number of nitrogens with one attached hydrogen (secondary N) is 1. The zero-order valence-corrected chi connectivity index (χ0v) is 13.8. The highest BCUT2D eigenvalue weighted by Gasteiger charge is 2.12. The predicted octanol–water partition coefficient (Wildman–Crippen LogP) is 2.87. The van der Waals surface area contributed by atoms with Crippen molar-refractivity contribution in [3.8, 4) is 11.5 Å². The van der Waals surface area contributed by atoms with Gasteiger partial charge in [-0.1, -0.05) is 0 Å². The quantitative estimate of drug-likeness (QED) is 0.455. The van der Waals surface area contributed by atoms with Gasteiger partial charge in [0.25, 0.3) is 0 Å². The van der Waals surface area contributed by atoms with Crippen molar-refractivity contribution >= 4 is 22.5 Å². The molecule has 6 heteroatoms. The third-order valence-corrected chi connectivity index (χ3v) is 3.46. The molecule has 0 aliphatic heterocycles. The van der Waals surface area contributed by atoms with Crippen LogP contribution < -0.4 is 9.47 Å². The summed E-state index contributed by atoms with van der Waals surface area (Å²) in [5, 5.41) is 8.87. The number of benzene rings is 1. The lowest BCUT2D eigenvalue weighted by atomic mass is 10.1. The van der Waals surface area contributed by atoms with Crippen LogP contribution in [0.25, 0.3) is 0 Å². The fourth-order valence-electron chi connectivity index (χ4n) is 1.71. The average Bonchev–Trinajstić information content (AvgIpc) is 2.50. The van der Waals surface area contributed by atoms with Crippen LogP contribution in [-0.4, -0.2) is 51.0 Å². The lowest BCUT2D eigenvalue weighted by Crippen LogP contribution is -2.11. The normalized spacial score (nSPS) is 11.3. The van der Waals surface area contributed by atoms with Crippen molar-refractivity contribution in [2.75, 3.05) is 40.2 Å². The van der Waals surface area contributed by atoms with Crippen LogP contribution in [-0.2, 0) is 4.74 Å². The van der Waals surface area contributed by atoms with Crippen molar-refractivity contribution in [3.63, 3.8) is 0 Å². The third-order valence-electron chi connectivity index (χ3n) is 2.69. The van der Waals surface area contributed by atoms with Crippen molar-refractivity contribution in [1.29, 1.82) is 5.41 Å². The van der Waals surface area contributed by atoms with E-state index >= 15 is 0 Å². The van der Waals surface area contributed by atoms with Crippen LogP contribution in [0.2, 0.25) is 0 Å². The van der Waals surface area contributed by atoms with Gasteiger partial charge in [-0.05, 0) is 31.4 Å². The van der Waals surface area contributed by atoms with Crippen molar-refractivity contribution in [2.45, 2.75) is 6.92 Å². The lowest BCUT2D eigenvalue weighted by molar-refractivity contribution is 0.143. The van der Waals surface area contributed by atoms with E-state index in [0.29, 0.717) is 42.1 Å². The van der Waals surface area contributed by atoms with Crippen LogP contribution in [0.3, 0.4) is 0 Å². The van der Waals surface area contributed by atoms with Gasteiger partial charge in [0, 0.05) is 19.7 Å². The van der Waals surface area contributed by atoms with E-state index in [1.54, 1.807) is 14.2 Å². The zero-order chi connectivity index (χ0) is 15.7. The summed E-state index contributed by atoms with van der Waals surface area (Å²) >= 11 is 1.45. The maximum atomic E-state index is 8.19. The highest BCUT2D eigenvalue weighted by Crippen LogP contribution is 2.29. The van der Waals surface area contributed by atoms with E-state index in [1.165, 1.54) is 11.8 Å². The van der Waals surface area contributed by atoms with Gasteiger partial charge in [-0.2, -0.15) is 0 Å². The Bertz CT molecular complexity index is 504. The van der Waals surface area contributed by atoms with Crippen LogP contribution in [0.5, 0.6) is 11.5 Å². The molecule has 1 rings (SSSR count). The van der Waals surface area contributed by atoms with E-state index in [2.05, 4.69) is 4.99 Å². The molecule has 0 unspecified atom stereocenters. The summed E-state index contributed by atoms with van der Waals surface area (Å²) in [7, 11) is 3.32. The Morgan fingerprint density at radius 1 is 1.24 bits per heavy atom. The molecule has 0 heterocycles. The predicted molar refractivity (Wildman–Crippen MR) is 88.7 cm³/mol. The number of methoxy groups -OCH3 is 1. The number of hydrogen-bond donors (Lipinski definition) is 1. The summed E-state index contributed by atoms with van der Waals surface area (Å²) < 4.78 is 16.2. The SMILES string of the molecule is CCOc1cc(C(=N)C(=NC)SC)ccc1OCCOC. The second kappa shape index (κ2) is 9.41. The zero-order valence-electron chi connectivity index (χ0n) is 12.9. The molecule has 1 aromatic rings. The summed E-state index contributed by atoms with van der Waals surface area (Å²) in [6, 6.07) is 5.47. The van der Waals surface area contributed by atoms with Crippen LogP contribution in [0.15, 0.2) is 23.2 Å². The minimum atomic E-state index is 0.384. The molecule has 0 saturated carbocycles. The molecule has 0 fully saturated rings. The van der Waals surface area contributed by atoms with E-state index in [9.17, 15) is 0 Å². The second-order valence-corrected chi connectivity index (χ2v) is 4.84. The number of rotatable bonds is 8. The molecule has 0 radical (unpaired) electrons. The summed E-state index contributed by atoms with van der Waals surface area (Å²) in [6.07, 6.45) is 1.91. The van der Waals surface area contributed by atoms with Crippen molar-refractivity contribution in [3.05, 3.63) is 23.8 Å². The Kier molecular flexibility index (Phi) is 7.85. The monoisotopic (exact) mass is 310 g/mol. The van der Waals surface area contributed by atoms with Crippen LogP contribution in [0, 0.1) is 5.41 Å². The topological polar surface area (TPSA) is 63.9 Å². The molecule has 0 bridgehead atoms. The fraction of sp³-hybridized carbons (Fsp3) is 0.467. The summed E-state index contributed by atoms with van der Waals surface area (Å²) in [6.45, 7) is 3.43. The first-order valence-electron chi connectivity index (χ1n) is 6.66. The van der Waals surface area contributed by atoms with Crippen molar-refractivity contribution in [1.82, 2.24) is 0 Å². The molecule has 1 N–H and O–H groups in total. The lowest BCUT2D eigenvalue weighted by Gasteiger charge is -2.14. The first kappa shape index (κ1) is 17.5. The third kappa shape index (κ3) is 5.06. The summed E-state index contributed by atoms with van der Waals surface area (Å²) in [4.78, 5) is 4.11. The van der Waals surface area contributed by atoms with Gasteiger partial charge in [0.15, 0.2) is 11.5 Å². The number of hydrogen-bond acceptors (Lipinski definition) is 6. The molecule has 0 atom stereocenters. The van der Waals surface area contributed by atoms with Crippen molar-refractivity contribution in [2.24, 2.45) is 4.99 Å². The number of nitrogens with zero attached hydrogens (tertiary/aromatic N) is 1. The maximum Gasteiger partial charge on any atom is 0.161 e. The smallest absolute Gasteiger partial charge is 0.161 e. The maximum absolute atomic E-state index is 8.19. The molecule has 0 saturated heterocycles. The number of ether oxygens (including phenoxy) is 3. The Hall–Kier alpha value is -1.53. The van der Waals surface area contributed by atoms with Gasteiger partial charge in [-0.3, -0.25) is 10.4 Å². The molecular weight excluding hydrogens is 288 g/mol. The molecule has 21 heavy (non-hydrogen) atoms. The molecule has 0 amide bonds. The second-order valence-electron chi connectivity index (χ2n) is 4.04. The van der Waals surface area contributed by atoms with Crippen LogP contribution in [0.4, 0.5) is 0 Å². The van der Waals surface area contributed by atoms with Gasteiger partial charge in [0.2, 0.25) is 0 Å². The van der Waals surface area contributed by atoms with E-state index < -0.39 is 0 Å². The minimum Gasteiger partial charge on any atom is -0.490 e. The largest absolute Gasteiger partial charge is 0.490 e. The fourth-order valence-corrected chi connectivity index (χ4v) is 2.22. The van der Waals surface area contributed by atoms with Gasteiger partial charge in [-0.25, -0.2) is 0 Å².